The minimum Gasteiger partial charge on any atom is -0.493 e. The highest BCUT2D eigenvalue weighted by molar-refractivity contribution is 5.49. The van der Waals surface area contributed by atoms with Gasteiger partial charge in [0, 0.05) is 11.1 Å². The monoisotopic (exact) mass is 271 g/mol. The molecule has 106 valence electrons. The summed E-state index contributed by atoms with van der Waals surface area (Å²) in [5, 5.41) is 0. The van der Waals surface area contributed by atoms with Gasteiger partial charge in [-0.3, -0.25) is 0 Å². The molecule has 0 atom stereocenters. The Labute approximate surface area is 120 Å². The molecule has 0 bridgehead atoms. The van der Waals surface area contributed by atoms with Gasteiger partial charge in [0.15, 0.2) is 11.5 Å². The fourth-order valence-corrected chi connectivity index (χ4v) is 2.06. The fraction of sp³-hybridized carbons (Fsp3) is 0.294. The molecular weight excluding hydrogens is 250 g/mol. The Morgan fingerprint density at radius 1 is 1.00 bits per heavy atom. The van der Waals surface area contributed by atoms with Crippen molar-refractivity contribution in [3.8, 4) is 11.5 Å². The molecule has 0 fully saturated rings. The van der Waals surface area contributed by atoms with E-state index in [-0.39, 0.29) is 0 Å². The van der Waals surface area contributed by atoms with Gasteiger partial charge in [0.05, 0.1) is 7.11 Å². The third-order valence-corrected chi connectivity index (χ3v) is 3.12. The Bertz CT molecular complexity index is 559. The maximum absolute atomic E-state index is 6.21. The molecule has 0 saturated carbocycles. The van der Waals surface area contributed by atoms with E-state index in [1.165, 1.54) is 0 Å². The minimum atomic E-state index is -0.486. The molecule has 3 heteroatoms. The van der Waals surface area contributed by atoms with Gasteiger partial charge < -0.3 is 15.2 Å². The van der Waals surface area contributed by atoms with Gasteiger partial charge in [-0.05, 0) is 25.5 Å². The van der Waals surface area contributed by atoms with E-state index in [9.17, 15) is 0 Å². The molecule has 0 amide bonds. The summed E-state index contributed by atoms with van der Waals surface area (Å²) in [5.41, 5.74) is 7.78. The van der Waals surface area contributed by atoms with Crippen LogP contribution >= 0.6 is 0 Å². The summed E-state index contributed by atoms with van der Waals surface area (Å²) in [4.78, 5) is 0. The number of methoxy groups -OCH3 is 1. The van der Waals surface area contributed by atoms with Gasteiger partial charge in [0.1, 0.15) is 6.61 Å². The molecule has 0 saturated heterocycles. The second kappa shape index (κ2) is 5.97. The summed E-state index contributed by atoms with van der Waals surface area (Å²) in [5.74, 6) is 1.42. The fourth-order valence-electron chi connectivity index (χ4n) is 2.06. The van der Waals surface area contributed by atoms with Crippen molar-refractivity contribution < 1.29 is 9.47 Å². The molecule has 0 unspecified atom stereocenters. The van der Waals surface area contributed by atoms with Crippen LogP contribution < -0.4 is 15.2 Å². The Morgan fingerprint density at radius 3 is 2.30 bits per heavy atom. The Morgan fingerprint density at radius 2 is 1.70 bits per heavy atom. The van der Waals surface area contributed by atoms with Crippen LogP contribution in [0.4, 0.5) is 0 Å². The normalized spacial score (nSPS) is 11.2. The van der Waals surface area contributed by atoms with Crippen molar-refractivity contribution in [3.05, 3.63) is 59.7 Å². The minimum absolute atomic E-state index is 0.486. The molecular formula is C17H21NO2. The smallest absolute Gasteiger partial charge is 0.166 e. The van der Waals surface area contributed by atoms with Crippen LogP contribution in [0.5, 0.6) is 11.5 Å². The standard InChI is InChI=1S/C17H21NO2/c1-17(2,18)14-10-7-11-15(19-3)16(14)20-12-13-8-5-4-6-9-13/h4-11H,12,18H2,1-3H3. The SMILES string of the molecule is COc1cccc(C(C)(C)N)c1OCc1ccccc1. The largest absolute Gasteiger partial charge is 0.493 e. The lowest BCUT2D eigenvalue weighted by Gasteiger charge is -2.24. The molecule has 0 heterocycles. The highest BCUT2D eigenvalue weighted by Crippen LogP contribution is 2.36. The molecule has 0 aliphatic carbocycles. The lowest BCUT2D eigenvalue weighted by atomic mass is 9.94. The van der Waals surface area contributed by atoms with Crippen molar-refractivity contribution in [1.82, 2.24) is 0 Å². The third kappa shape index (κ3) is 3.31. The predicted octanol–water partition coefficient (Wildman–Crippen LogP) is 3.47. The number of para-hydroxylation sites is 1. The molecule has 0 aliphatic rings. The maximum atomic E-state index is 6.21. The zero-order chi connectivity index (χ0) is 14.6. The van der Waals surface area contributed by atoms with Crippen molar-refractivity contribution in [1.29, 1.82) is 0 Å². The quantitative estimate of drug-likeness (QED) is 0.905. The van der Waals surface area contributed by atoms with Gasteiger partial charge in [-0.15, -0.1) is 0 Å². The number of benzene rings is 2. The van der Waals surface area contributed by atoms with E-state index in [4.69, 9.17) is 15.2 Å². The third-order valence-electron chi connectivity index (χ3n) is 3.12. The van der Waals surface area contributed by atoms with Crippen LogP contribution in [0.2, 0.25) is 0 Å². The summed E-state index contributed by atoms with van der Waals surface area (Å²) in [6.07, 6.45) is 0. The molecule has 2 aromatic rings. The Kier molecular flexibility index (Phi) is 4.30. The maximum Gasteiger partial charge on any atom is 0.166 e. The van der Waals surface area contributed by atoms with Crippen LogP contribution in [-0.2, 0) is 12.1 Å². The number of hydrogen-bond donors (Lipinski definition) is 1. The van der Waals surface area contributed by atoms with E-state index in [1.54, 1.807) is 7.11 Å². The Balaban J connectivity index is 2.29. The Hall–Kier alpha value is -2.00. The van der Waals surface area contributed by atoms with E-state index in [0.29, 0.717) is 18.1 Å². The first-order chi connectivity index (χ1) is 9.52. The van der Waals surface area contributed by atoms with Crippen LogP contribution in [0, 0.1) is 0 Å². The molecule has 2 N–H and O–H groups in total. The van der Waals surface area contributed by atoms with Crippen molar-refractivity contribution in [2.75, 3.05) is 7.11 Å². The average molecular weight is 271 g/mol. The summed E-state index contributed by atoms with van der Waals surface area (Å²) < 4.78 is 11.4. The summed E-state index contributed by atoms with van der Waals surface area (Å²) >= 11 is 0. The zero-order valence-corrected chi connectivity index (χ0v) is 12.2. The van der Waals surface area contributed by atoms with E-state index >= 15 is 0 Å². The lowest BCUT2D eigenvalue weighted by molar-refractivity contribution is 0.275. The highest BCUT2D eigenvalue weighted by Gasteiger charge is 2.22. The highest BCUT2D eigenvalue weighted by atomic mass is 16.5. The van der Waals surface area contributed by atoms with Gasteiger partial charge in [-0.25, -0.2) is 0 Å². The first-order valence-electron chi connectivity index (χ1n) is 6.65. The zero-order valence-electron chi connectivity index (χ0n) is 12.2. The van der Waals surface area contributed by atoms with Gasteiger partial charge >= 0.3 is 0 Å². The van der Waals surface area contributed by atoms with E-state index in [0.717, 1.165) is 11.1 Å². The number of rotatable bonds is 5. The van der Waals surface area contributed by atoms with Gasteiger partial charge in [0.2, 0.25) is 0 Å². The molecule has 0 aliphatic heterocycles. The lowest BCUT2D eigenvalue weighted by Crippen LogP contribution is -2.29. The van der Waals surface area contributed by atoms with E-state index in [2.05, 4.69) is 0 Å². The van der Waals surface area contributed by atoms with Gasteiger partial charge in [-0.1, -0.05) is 42.5 Å². The topological polar surface area (TPSA) is 44.5 Å². The molecule has 2 aromatic carbocycles. The molecule has 2 rings (SSSR count). The summed E-state index contributed by atoms with van der Waals surface area (Å²) in [6.45, 7) is 4.40. The van der Waals surface area contributed by atoms with Crippen LogP contribution in [0.25, 0.3) is 0 Å². The molecule has 0 spiro atoms. The van der Waals surface area contributed by atoms with Crippen molar-refractivity contribution in [2.45, 2.75) is 26.0 Å². The second-order valence-corrected chi connectivity index (χ2v) is 5.33. The number of nitrogens with two attached hydrogens (primary N) is 1. The molecule has 0 aromatic heterocycles. The summed E-state index contributed by atoms with van der Waals surface area (Å²) in [7, 11) is 1.64. The number of hydrogen-bond acceptors (Lipinski definition) is 3. The van der Waals surface area contributed by atoms with Crippen molar-refractivity contribution in [3.63, 3.8) is 0 Å². The van der Waals surface area contributed by atoms with Crippen LogP contribution in [0.1, 0.15) is 25.0 Å². The second-order valence-electron chi connectivity index (χ2n) is 5.33. The van der Waals surface area contributed by atoms with E-state index < -0.39 is 5.54 Å². The number of ether oxygens (including phenoxy) is 2. The van der Waals surface area contributed by atoms with Crippen LogP contribution in [0.15, 0.2) is 48.5 Å². The average Bonchev–Trinajstić information content (AvgIpc) is 2.44. The predicted molar refractivity (Wildman–Crippen MR) is 81.0 cm³/mol. The van der Waals surface area contributed by atoms with Gasteiger partial charge in [0.25, 0.3) is 0 Å². The van der Waals surface area contributed by atoms with E-state index in [1.807, 2.05) is 62.4 Å². The first kappa shape index (κ1) is 14.4. The summed E-state index contributed by atoms with van der Waals surface area (Å²) in [6, 6.07) is 15.8. The molecule has 3 nitrogen and oxygen atoms in total. The first-order valence-corrected chi connectivity index (χ1v) is 6.65. The molecule has 20 heavy (non-hydrogen) atoms. The van der Waals surface area contributed by atoms with Crippen molar-refractivity contribution in [2.24, 2.45) is 5.73 Å². The van der Waals surface area contributed by atoms with Crippen molar-refractivity contribution >= 4 is 0 Å². The van der Waals surface area contributed by atoms with Crippen LogP contribution in [-0.4, -0.2) is 7.11 Å². The molecule has 0 radical (unpaired) electrons. The van der Waals surface area contributed by atoms with Crippen LogP contribution in [0.3, 0.4) is 0 Å². The van der Waals surface area contributed by atoms with Gasteiger partial charge in [-0.2, -0.15) is 0 Å².